The molecule has 0 aliphatic carbocycles. The Bertz CT molecular complexity index is 780. The van der Waals surface area contributed by atoms with Gasteiger partial charge in [0, 0.05) is 5.75 Å². The maximum Gasteiger partial charge on any atom is 0.321 e. The molecule has 5 nitrogen and oxygen atoms in total. The van der Waals surface area contributed by atoms with Gasteiger partial charge in [-0.25, -0.2) is 0 Å². The highest BCUT2D eigenvalue weighted by atomic mass is 32.2. The standard InChI is InChI=1S/C21H25NO4S/c1-14(2)17-8-3-4-9-19(17)26-11-10-25-16-7-5-6-15(12-16)20-22-18(13-27-20)21(23)24/h3-9,12,14,18,20,22H,10-11,13H2,1-2H3,(H,23,24). The Labute approximate surface area is 164 Å². The molecule has 6 heteroatoms. The van der Waals surface area contributed by atoms with Gasteiger partial charge >= 0.3 is 5.97 Å². The first-order valence-electron chi connectivity index (χ1n) is 9.09. The topological polar surface area (TPSA) is 67.8 Å². The van der Waals surface area contributed by atoms with Gasteiger partial charge in [-0.2, -0.15) is 0 Å². The molecule has 1 aliphatic rings. The number of hydrogen-bond donors (Lipinski definition) is 2. The van der Waals surface area contributed by atoms with Crippen LogP contribution in [0.15, 0.2) is 48.5 Å². The van der Waals surface area contributed by atoms with Crippen molar-refractivity contribution in [1.82, 2.24) is 5.32 Å². The second kappa shape index (κ2) is 9.15. The SMILES string of the molecule is CC(C)c1ccccc1OCCOc1cccc(C2NC(C(=O)O)CS2)c1. The number of aliphatic carboxylic acids is 1. The molecule has 0 bridgehead atoms. The van der Waals surface area contributed by atoms with Crippen LogP contribution in [0.4, 0.5) is 0 Å². The van der Waals surface area contributed by atoms with Crippen molar-refractivity contribution in [2.75, 3.05) is 19.0 Å². The summed E-state index contributed by atoms with van der Waals surface area (Å²) in [7, 11) is 0. The zero-order valence-electron chi connectivity index (χ0n) is 15.6. The normalized spacial score (nSPS) is 19.2. The molecule has 2 aromatic rings. The molecule has 27 heavy (non-hydrogen) atoms. The Morgan fingerprint density at radius 2 is 1.96 bits per heavy atom. The van der Waals surface area contributed by atoms with Gasteiger partial charge < -0.3 is 14.6 Å². The van der Waals surface area contributed by atoms with Gasteiger partial charge in [-0.15, -0.1) is 11.8 Å². The van der Waals surface area contributed by atoms with Gasteiger partial charge in [-0.1, -0.05) is 44.2 Å². The smallest absolute Gasteiger partial charge is 0.321 e. The number of nitrogens with one attached hydrogen (secondary N) is 1. The maximum atomic E-state index is 11.1. The Balaban J connectivity index is 1.52. The summed E-state index contributed by atoms with van der Waals surface area (Å²) in [4.78, 5) is 11.1. The van der Waals surface area contributed by atoms with Crippen LogP contribution in [0.2, 0.25) is 0 Å². The molecule has 1 saturated heterocycles. The summed E-state index contributed by atoms with van der Waals surface area (Å²) in [6, 6.07) is 15.3. The quantitative estimate of drug-likeness (QED) is 0.666. The first-order chi connectivity index (χ1) is 13.0. The van der Waals surface area contributed by atoms with Crippen LogP contribution in [-0.4, -0.2) is 36.1 Å². The molecule has 2 atom stereocenters. The van der Waals surface area contributed by atoms with E-state index in [9.17, 15) is 4.79 Å². The van der Waals surface area contributed by atoms with Crippen LogP contribution in [-0.2, 0) is 4.79 Å². The van der Waals surface area contributed by atoms with E-state index in [-0.39, 0.29) is 5.37 Å². The summed E-state index contributed by atoms with van der Waals surface area (Å²) in [5.41, 5.74) is 2.21. The van der Waals surface area contributed by atoms with E-state index in [0.29, 0.717) is 24.9 Å². The van der Waals surface area contributed by atoms with E-state index in [1.165, 1.54) is 5.56 Å². The lowest BCUT2D eigenvalue weighted by Crippen LogP contribution is -2.33. The van der Waals surface area contributed by atoms with Crippen molar-refractivity contribution in [1.29, 1.82) is 0 Å². The molecule has 0 aromatic heterocycles. The van der Waals surface area contributed by atoms with E-state index < -0.39 is 12.0 Å². The zero-order valence-corrected chi connectivity index (χ0v) is 16.4. The fraction of sp³-hybridized carbons (Fsp3) is 0.381. The van der Waals surface area contributed by atoms with Crippen molar-refractivity contribution < 1.29 is 19.4 Å². The average molecular weight is 388 g/mol. The zero-order chi connectivity index (χ0) is 19.2. The molecule has 1 heterocycles. The number of benzene rings is 2. The van der Waals surface area contributed by atoms with Crippen LogP contribution in [0, 0.1) is 0 Å². The second-order valence-electron chi connectivity index (χ2n) is 6.73. The number of carboxylic acid groups (broad SMARTS) is 1. The van der Waals surface area contributed by atoms with Crippen molar-refractivity contribution in [3.8, 4) is 11.5 Å². The number of ether oxygens (including phenoxy) is 2. The van der Waals surface area contributed by atoms with Gasteiger partial charge in [0.25, 0.3) is 0 Å². The Kier molecular flexibility index (Phi) is 6.63. The second-order valence-corrected chi connectivity index (χ2v) is 7.87. The van der Waals surface area contributed by atoms with Crippen molar-refractivity contribution >= 4 is 17.7 Å². The van der Waals surface area contributed by atoms with E-state index in [1.54, 1.807) is 11.8 Å². The van der Waals surface area contributed by atoms with E-state index in [2.05, 4.69) is 25.2 Å². The minimum atomic E-state index is -0.809. The van der Waals surface area contributed by atoms with Crippen molar-refractivity contribution in [2.24, 2.45) is 0 Å². The van der Waals surface area contributed by atoms with Gasteiger partial charge in [0.2, 0.25) is 0 Å². The Morgan fingerprint density at radius 3 is 2.70 bits per heavy atom. The third-order valence-corrected chi connectivity index (χ3v) is 5.66. The molecular formula is C21H25NO4S. The first-order valence-corrected chi connectivity index (χ1v) is 10.1. The van der Waals surface area contributed by atoms with E-state index >= 15 is 0 Å². The van der Waals surface area contributed by atoms with Crippen molar-refractivity contribution in [2.45, 2.75) is 31.2 Å². The predicted octanol–water partition coefficient (Wildman–Crippen LogP) is 4.06. The van der Waals surface area contributed by atoms with Gasteiger partial charge in [0.05, 0.1) is 5.37 Å². The summed E-state index contributed by atoms with van der Waals surface area (Å²) in [5.74, 6) is 1.82. The molecular weight excluding hydrogens is 362 g/mol. The number of para-hydroxylation sites is 1. The van der Waals surface area contributed by atoms with E-state index in [0.717, 1.165) is 17.1 Å². The minimum absolute atomic E-state index is 0.0242. The minimum Gasteiger partial charge on any atom is -0.490 e. The van der Waals surface area contributed by atoms with Crippen LogP contribution in [0.3, 0.4) is 0 Å². The fourth-order valence-corrected chi connectivity index (χ4v) is 4.20. The molecule has 2 aromatic carbocycles. The highest BCUT2D eigenvalue weighted by molar-refractivity contribution is 7.99. The number of thioether (sulfide) groups is 1. The van der Waals surface area contributed by atoms with Gasteiger partial charge in [-0.05, 0) is 35.2 Å². The summed E-state index contributed by atoms with van der Waals surface area (Å²) in [5, 5.41) is 12.2. The first kappa shape index (κ1) is 19.6. The largest absolute Gasteiger partial charge is 0.490 e. The Hall–Kier alpha value is -2.18. The number of carboxylic acids is 1. The number of rotatable bonds is 8. The molecule has 0 amide bonds. The monoisotopic (exact) mass is 387 g/mol. The number of hydrogen-bond acceptors (Lipinski definition) is 5. The average Bonchev–Trinajstić information content (AvgIpc) is 3.16. The summed E-state index contributed by atoms with van der Waals surface area (Å²) < 4.78 is 11.7. The lowest BCUT2D eigenvalue weighted by molar-refractivity contribution is -0.138. The number of carbonyl (C=O) groups is 1. The third kappa shape index (κ3) is 5.17. The molecule has 1 fully saturated rings. The Morgan fingerprint density at radius 1 is 1.19 bits per heavy atom. The van der Waals surface area contributed by atoms with Gasteiger partial charge in [-0.3, -0.25) is 10.1 Å². The third-order valence-electron chi connectivity index (χ3n) is 4.39. The van der Waals surface area contributed by atoms with Gasteiger partial charge in [0.1, 0.15) is 30.8 Å². The fourth-order valence-electron chi connectivity index (χ4n) is 2.97. The highest BCUT2D eigenvalue weighted by Gasteiger charge is 2.30. The van der Waals surface area contributed by atoms with Crippen LogP contribution in [0.1, 0.15) is 36.3 Å². The molecule has 2 unspecified atom stereocenters. The molecule has 2 N–H and O–H groups in total. The molecule has 0 spiro atoms. The summed E-state index contributed by atoms with van der Waals surface area (Å²) >= 11 is 1.60. The molecule has 3 rings (SSSR count). The highest BCUT2D eigenvalue weighted by Crippen LogP contribution is 2.34. The summed E-state index contributed by atoms with van der Waals surface area (Å²) in [6.45, 7) is 5.20. The predicted molar refractivity (Wildman–Crippen MR) is 108 cm³/mol. The van der Waals surface area contributed by atoms with E-state index in [1.807, 2.05) is 42.5 Å². The molecule has 0 radical (unpaired) electrons. The molecule has 0 saturated carbocycles. The maximum absolute atomic E-state index is 11.1. The van der Waals surface area contributed by atoms with Gasteiger partial charge in [0.15, 0.2) is 0 Å². The van der Waals surface area contributed by atoms with E-state index in [4.69, 9.17) is 14.6 Å². The van der Waals surface area contributed by atoms with Crippen molar-refractivity contribution in [3.05, 3.63) is 59.7 Å². The van der Waals surface area contributed by atoms with Crippen LogP contribution < -0.4 is 14.8 Å². The lowest BCUT2D eigenvalue weighted by atomic mass is 10.0. The van der Waals surface area contributed by atoms with Crippen LogP contribution in [0.25, 0.3) is 0 Å². The van der Waals surface area contributed by atoms with Crippen LogP contribution >= 0.6 is 11.8 Å². The lowest BCUT2D eigenvalue weighted by Gasteiger charge is -2.15. The summed E-state index contributed by atoms with van der Waals surface area (Å²) in [6.07, 6.45) is 0. The van der Waals surface area contributed by atoms with Crippen LogP contribution in [0.5, 0.6) is 11.5 Å². The molecule has 144 valence electrons. The van der Waals surface area contributed by atoms with Crippen molar-refractivity contribution in [3.63, 3.8) is 0 Å². The molecule has 1 aliphatic heterocycles.